The Morgan fingerprint density at radius 2 is 2.21 bits per heavy atom. The van der Waals surface area contributed by atoms with Crippen molar-refractivity contribution in [3.05, 3.63) is 29.6 Å². The SMILES string of the molecule is COCC(Nc1ccc(F)c(C(=O)OC)c1)C1CC1. The van der Waals surface area contributed by atoms with Crippen LogP contribution in [0.5, 0.6) is 0 Å². The van der Waals surface area contributed by atoms with Crippen LogP contribution >= 0.6 is 0 Å². The van der Waals surface area contributed by atoms with Gasteiger partial charge in [0.25, 0.3) is 0 Å². The maximum Gasteiger partial charge on any atom is 0.340 e. The van der Waals surface area contributed by atoms with E-state index in [1.54, 1.807) is 13.2 Å². The van der Waals surface area contributed by atoms with E-state index in [2.05, 4.69) is 10.1 Å². The molecule has 1 aromatic rings. The minimum Gasteiger partial charge on any atom is -0.465 e. The zero-order chi connectivity index (χ0) is 13.8. The molecular weight excluding hydrogens is 249 g/mol. The summed E-state index contributed by atoms with van der Waals surface area (Å²) in [5.74, 6) is -0.658. The normalized spacial score (nSPS) is 15.9. The highest BCUT2D eigenvalue weighted by molar-refractivity contribution is 5.90. The number of ether oxygens (including phenoxy) is 2. The van der Waals surface area contributed by atoms with Crippen LogP contribution in [0.4, 0.5) is 10.1 Å². The molecule has 5 heteroatoms. The number of carbonyl (C=O) groups is 1. The van der Waals surface area contributed by atoms with Crippen LogP contribution in [-0.2, 0) is 9.47 Å². The van der Waals surface area contributed by atoms with E-state index in [1.165, 1.54) is 32.1 Å². The van der Waals surface area contributed by atoms with E-state index in [1.807, 2.05) is 0 Å². The molecule has 19 heavy (non-hydrogen) atoms. The van der Waals surface area contributed by atoms with Crippen molar-refractivity contribution in [2.24, 2.45) is 5.92 Å². The predicted octanol–water partition coefficient (Wildman–Crippen LogP) is 2.45. The minimum absolute atomic E-state index is 0.0561. The first kappa shape index (κ1) is 13.8. The Morgan fingerprint density at radius 1 is 1.47 bits per heavy atom. The van der Waals surface area contributed by atoms with Crippen LogP contribution in [0.3, 0.4) is 0 Å². The number of hydrogen-bond acceptors (Lipinski definition) is 4. The minimum atomic E-state index is -0.670. The molecule has 1 N–H and O–H groups in total. The summed E-state index contributed by atoms with van der Waals surface area (Å²) in [4.78, 5) is 11.4. The highest BCUT2D eigenvalue weighted by Gasteiger charge is 2.31. The number of carbonyl (C=O) groups excluding carboxylic acids is 1. The second-order valence-corrected chi connectivity index (χ2v) is 4.73. The summed E-state index contributed by atoms with van der Waals surface area (Å²) in [6.45, 7) is 0.593. The van der Waals surface area contributed by atoms with Gasteiger partial charge in [-0.3, -0.25) is 0 Å². The van der Waals surface area contributed by atoms with E-state index in [9.17, 15) is 9.18 Å². The van der Waals surface area contributed by atoms with Crippen molar-refractivity contribution >= 4 is 11.7 Å². The van der Waals surface area contributed by atoms with E-state index in [4.69, 9.17) is 4.74 Å². The van der Waals surface area contributed by atoms with E-state index in [-0.39, 0.29) is 11.6 Å². The van der Waals surface area contributed by atoms with Crippen molar-refractivity contribution in [2.75, 3.05) is 26.1 Å². The Hall–Kier alpha value is -1.62. The van der Waals surface area contributed by atoms with Gasteiger partial charge in [-0.2, -0.15) is 0 Å². The van der Waals surface area contributed by atoms with Gasteiger partial charge in [-0.1, -0.05) is 0 Å². The van der Waals surface area contributed by atoms with Gasteiger partial charge in [0.2, 0.25) is 0 Å². The standard InChI is InChI=1S/C14H18FNO3/c1-18-8-13(9-3-4-9)16-10-5-6-12(15)11(7-10)14(17)19-2/h5-7,9,13,16H,3-4,8H2,1-2H3. The summed E-state index contributed by atoms with van der Waals surface area (Å²) in [6, 6.07) is 4.56. The van der Waals surface area contributed by atoms with Crippen molar-refractivity contribution in [1.29, 1.82) is 0 Å². The fourth-order valence-corrected chi connectivity index (χ4v) is 2.07. The highest BCUT2D eigenvalue weighted by Crippen LogP contribution is 2.34. The van der Waals surface area contributed by atoms with Gasteiger partial charge in [0.05, 0.1) is 25.3 Å². The van der Waals surface area contributed by atoms with Gasteiger partial charge in [0.1, 0.15) is 5.82 Å². The summed E-state index contributed by atoms with van der Waals surface area (Å²) >= 11 is 0. The molecule has 0 heterocycles. The Labute approximate surface area is 111 Å². The molecule has 0 amide bonds. The van der Waals surface area contributed by atoms with Crippen molar-refractivity contribution in [2.45, 2.75) is 18.9 Å². The maximum atomic E-state index is 13.5. The molecule has 0 aliphatic heterocycles. The van der Waals surface area contributed by atoms with Gasteiger partial charge in [0, 0.05) is 12.8 Å². The molecule has 1 aromatic carbocycles. The summed E-state index contributed by atoms with van der Waals surface area (Å²) in [5.41, 5.74) is 0.648. The van der Waals surface area contributed by atoms with Gasteiger partial charge in [-0.25, -0.2) is 9.18 Å². The number of nitrogens with one attached hydrogen (secondary N) is 1. The topological polar surface area (TPSA) is 47.6 Å². The lowest BCUT2D eigenvalue weighted by atomic mass is 10.1. The number of hydrogen-bond donors (Lipinski definition) is 1. The Kier molecular flexibility index (Phi) is 4.37. The van der Waals surface area contributed by atoms with Crippen LogP contribution in [0, 0.1) is 11.7 Å². The number of methoxy groups -OCH3 is 2. The Morgan fingerprint density at radius 3 is 2.79 bits per heavy atom. The van der Waals surface area contributed by atoms with Crippen molar-refractivity contribution in [1.82, 2.24) is 0 Å². The molecule has 2 rings (SSSR count). The number of rotatable bonds is 6. The van der Waals surface area contributed by atoms with Crippen LogP contribution < -0.4 is 5.32 Å². The van der Waals surface area contributed by atoms with E-state index < -0.39 is 11.8 Å². The van der Waals surface area contributed by atoms with E-state index >= 15 is 0 Å². The van der Waals surface area contributed by atoms with Gasteiger partial charge in [0.15, 0.2) is 0 Å². The third-order valence-electron chi connectivity index (χ3n) is 3.26. The van der Waals surface area contributed by atoms with Gasteiger partial charge in [-0.15, -0.1) is 0 Å². The van der Waals surface area contributed by atoms with Crippen LogP contribution in [-0.4, -0.2) is 32.8 Å². The van der Waals surface area contributed by atoms with Crippen LogP contribution in [0.15, 0.2) is 18.2 Å². The highest BCUT2D eigenvalue weighted by atomic mass is 19.1. The zero-order valence-corrected chi connectivity index (χ0v) is 11.1. The number of halogens is 1. The van der Waals surface area contributed by atoms with Gasteiger partial charge < -0.3 is 14.8 Å². The summed E-state index contributed by atoms with van der Waals surface area (Å²) < 4.78 is 23.2. The van der Waals surface area contributed by atoms with Gasteiger partial charge in [-0.05, 0) is 37.0 Å². The van der Waals surface area contributed by atoms with E-state index in [0.29, 0.717) is 18.2 Å². The van der Waals surface area contributed by atoms with Gasteiger partial charge >= 0.3 is 5.97 Å². The molecule has 1 fully saturated rings. The monoisotopic (exact) mass is 267 g/mol. The Bertz CT molecular complexity index is 460. The molecule has 1 atom stereocenters. The molecular formula is C14H18FNO3. The third kappa shape index (κ3) is 3.44. The quantitative estimate of drug-likeness (QED) is 0.804. The molecule has 1 saturated carbocycles. The molecule has 0 aromatic heterocycles. The predicted molar refractivity (Wildman–Crippen MR) is 69.8 cm³/mol. The molecule has 4 nitrogen and oxygen atoms in total. The molecule has 0 bridgehead atoms. The second kappa shape index (κ2) is 6.02. The molecule has 1 aliphatic rings. The summed E-state index contributed by atoms with van der Waals surface area (Å²) in [7, 11) is 2.89. The lowest BCUT2D eigenvalue weighted by Gasteiger charge is -2.19. The lowest BCUT2D eigenvalue weighted by molar-refractivity contribution is 0.0595. The molecule has 1 aliphatic carbocycles. The zero-order valence-electron chi connectivity index (χ0n) is 11.1. The maximum absolute atomic E-state index is 13.5. The summed E-state index contributed by atoms with van der Waals surface area (Å²) in [5, 5.41) is 3.29. The fraction of sp³-hybridized carbons (Fsp3) is 0.500. The first-order chi connectivity index (χ1) is 9.15. The average molecular weight is 267 g/mol. The first-order valence-electron chi connectivity index (χ1n) is 6.29. The molecule has 0 spiro atoms. The molecule has 104 valence electrons. The lowest BCUT2D eigenvalue weighted by Crippen LogP contribution is -2.27. The molecule has 0 saturated heterocycles. The molecule has 1 unspecified atom stereocenters. The number of esters is 1. The molecule has 0 radical (unpaired) electrons. The van der Waals surface area contributed by atoms with Crippen molar-refractivity contribution in [3.8, 4) is 0 Å². The van der Waals surface area contributed by atoms with Crippen LogP contribution in [0.25, 0.3) is 0 Å². The van der Waals surface area contributed by atoms with Crippen LogP contribution in [0.2, 0.25) is 0 Å². The average Bonchev–Trinajstić information content (AvgIpc) is 3.24. The Balaban J connectivity index is 2.13. The number of benzene rings is 1. The van der Waals surface area contributed by atoms with Crippen LogP contribution in [0.1, 0.15) is 23.2 Å². The second-order valence-electron chi connectivity index (χ2n) is 4.73. The fourth-order valence-electron chi connectivity index (χ4n) is 2.07. The van der Waals surface area contributed by atoms with Crippen molar-refractivity contribution in [3.63, 3.8) is 0 Å². The first-order valence-corrected chi connectivity index (χ1v) is 6.29. The summed E-state index contributed by atoms with van der Waals surface area (Å²) in [6.07, 6.45) is 2.35. The number of anilines is 1. The van der Waals surface area contributed by atoms with Crippen molar-refractivity contribution < 1.29 is 18.7 Å². The third-order valence-corrected chi connectivity index (χ3v) is 3.26. The van der Waals surface area contributed by atoms with E-state index in [0.717, 1.165) is 0 Å². The smallest absolute Gasteiger partial charge is 0.340 e. The largest absolute Gasteiger partial charge is 0.465 e.